The van der Waals surface area contributed by atoms with Gasteiger partial charge < -0.3 is 0 Å². The van der Waals surface area contributed by atoms with Gasteiger partial charge in [0.05, 0.1) is 15.0 Å². The van der Waals surface area contributed by atoms with Crippen LogP contribution in [-0.2, 0) is 0 Å². The SMILES string of the molecule is Clc1ccc2c(Cl)c(Br)c(Cl)nc2c1. The normalized spacial score (nSPS) is 10.9. The predicted octanol–water partition coefficient (Wildman–Crippen LogP) is 4.96. The molecule has 0 N–H and O–H groups in total. The summed E-state index contributed by atoms with van der Waals surface area (Å²) in [5, 5.41) is 2.33. The topological polar surface area (TPSA) is 12.9 Å². The summed E-state index contributed by atoms with van der Waals surface area (Å²) >= 11 is 21.0. The van der Waals surface area contributed by atoms with Gasteiger partial charge in [0.15, 0.2) is 0 Å². The molecule has 0 bridgehead atoms. The lowest BCUT2D eigenvalue weighted by atomic mass is 10.2. The summed E-state index contributed by atoms with van der Waals surface area (Å²) in [5.74, 6) is 0. The van der Waals surface area contributed by atoms with Crippen LogP contribution in [-0.4, -0.2) is 4.98 Å². The molecule has 5 heteroatoms. The number of hydrogen-bond acceptors (Lipinski definition) is 1. The second-order valence-corrected chi connectivity index (χ2v) is 4.66. The van der Waals surface area contributed by atoms with Crippen LogP contribution in [0.1, 0.15) is 0 Å². The van der Waals surface area contributed by atoms with Crippen molar-refractivity contribution < 1.29 is 0 Å². The summed E-state index contributed by atoms with van der Waals surface area (Å²) in [7, 11) is 0. The fourth-order valence-electron chi connectivity index (χ4n) is 1.15. The van der Waals surface area contributed by atoms with E-state index in [1.54, 1.807) is 12.1 Å². The second-order valence-electron chi connectivity index (χ2n) is 2.69. The van der Waals surface area contributed by atoms with Crippen LogP contribution >= 0.6 is 50.7 Å². The highest BCUT2D eigenvalue weighted by Gasteiger charge is 2.09. The van der Waals surface area contributed by atoms with E-state index >= 15 is 0 Å². The van der Waals surface area contributed by atoms with Crippen molar-refractivity contribution in [1.29, 1.82) is 0 Å². The minimum absolute atomic E-state index is 0.338. The fraction of sp³-hybridized carbons (Fsp3) is 0. The quantitative estimate of drug-likeness (QED) is 0.627. The molecule has 0 amide bonds. The number of pyridine rings is 1. The van der Waals surface area contributed by atoms with Crippen LogP contribution in [0.15, 0.2) is 22.7 Å². The van der Waals surface area contributed by atoms with Gasteiger partial charge in [0, 0.05) is 10.4 Å². The van der Waals surface area contributed by atoms with Gasteiger partial charge in [0.25, 0.3) is 0 Å². The monoisotopic (exact) mass is 309 g/mol. The molecular formula is C9H3BrCl3N. The Kier molecular flexibility index (Phi) is 2.89. The Bertz CT molecular complexity index is 513. The molecule has 14 heavy (non-hydrogen) atoms. The molecule has 0 aliphatic heterocycles. The van der Waals surface area contributed by atoms with Crippen molar-refractivity contribution in [2.75, 3.05) is 0 Å². The van der Waals surface area contributed by atoms with E-state index < -0.39 is 0 Å². The Hall–Kier alpha value is -0.0200. The van der Waals surface area contributed by atoms with Crippen molar-refractivity contribution in [1.82, 2.24) is 4.98 Å². The van der Waals surface area contributed by atoms with E-state index in [1.165, 1.54) is 0 Å². The Morgan fingerprint density at radius 3 is 2.57 bits per heavy atom. The van der Waals surface area contributed by atoms with Crippen molar-refractivity contribution in [3.63, 3.8) is 0 Å². The number of halogens is 4. The molecule has 0 spiro atoms. The standard InChI is InChI=1S/C9H3BrCl3N/c10-7-8(12)5-2-1-4(11)3-6(5)14-9(7)13/h1-3H. The number of fused-ring (bicyclic) bond motifs is 1. The van der Waals surface area contributed by atoms with E-state index in [0.717, 1.165) is 5.39 Å². The zero-order chi connectivity index (χ0) is 10.3. The highest BCUT2D eigenvalue weighted by Crippen LogP contribution is 2.35. The Labute approximate surface area is 104 Å². The molecule has 0 aliphatic carbocycles. The molecule has 1 nitrogen and oxygen atoms in total. The molecular weight excluding hydrogens is 308 g/mol. The van der Waals surface area contributed by atoms with Gasteiger partial charge in [0.1, 0.15) is 5.15 Å². The van der Waals surface area contributed by atoms with E-state index in [4.69, 9.17) is 34.8 Å². The molecule has 2 aromatic rings. The number of nitrogens with zero attached hydrogens (tertiary/aromatic N) is 1. The number of hydrogen-bond donors (Lipinski definition) is 0. The maximum absolute atomic E-state index is 6.07. The van der Waals surface area contributed by atoms with Crippen LogP contribution in [0.25, 0.3) is 10.9 Å². The Morgan fingerprint density at radius 1 is 1.14 bits per heavy atom. The van der Waals surface area contributed by atoms with E-state index in [0.29, 0.717) is 25.2 Å². The summed E-state index contributed by atoms with van der Waals surface area (Å²) in [5.41, 5.74) is 0.690. The van der Waals surface area contributed by atoms with Gasteiger partial charge in [-0.3, -0.25) is 0 Å². The van der Waals surface area contributed by atoms with E-state index in [1.807, 2.05) is 6.07 Å². The van der Waals surface area contributed by atoms with Gasteiger partial charge in [-0.2, -0.15) is 0 Å². The van der Waals surface area contributed by atoms with E-state index in [-0.39, 0.29) is 0 Å². The second kappa shape index (κ2) is 3.86. The van der Waals surface area contributed by atoms with Crippen molar-refractivity contribution in [2.24, 2.45) is 0 Å². The summed E-state index contributed by atoms with van der Waals surface area (Å²) < 4.78 is 0.607. The van der Waals surface area contributed by atoms with Crippen LogP contribution in [0.4, 0.5) is 0 Å². The third-order valence-corrected chi connectivity index (χ3v) is 3.92. The molecule has 0 aliphatic rings. The first-order chi connectivity index (χ1) is 6.59. The highest BCUT2D eigenvalue weighted by atomic mass is 79.9. The minimum atomic E-state index is 0.338. The summed E-state index contributed by atoms with van der Waals surface area (Å²) in [6, 6.07) is 5.30. The lowest BCUT2D eigenvalue weighted by Gasteiger charge is -2.04. The number of benzene rings is 1. The van der Waals surface area contributed by atoms with Crippen LogP contribution in [0.3, 0.4) is 0 Å². The molecule has 0 fully saturated rings. The van der Waals surface area contributed by atoms with Gasteiger partial charge in [-0.15, -0.1) is 0 Å². The van der Waals surface area contributed by atoms with Crippen molar-refractivity contribution in [3.8, 4) is 0 Å². The molecule has 0 atom stereocenters. The molecule has 1 heterocycles. The highest BCUT2D eigenvalue weighted by molar-refractivity contribution is 9.10. The van der Waals surface area contributed by atoms with Gasteiger partial charge in [-0.1, -0.05) is 34.8 Å². The van der Waals surface area contributed by atoms with Crippen molar-refractivity contribution in [3.05, 3.63) is 37.9 Å². The smallest absolute Gasteiger partial charge is 0.145 e. The van der Waals surface area contributed by atoms with Gasteiger partial charge in [-0.05, 0) is 34.1 Å². The average molecular weight is 311 g/mol. The summed E-state index contributed by atoms with van der Waals surface area (Å²) in [6.07, 6.45) is 0. The van der Waals surface area contributed by atoms with Crippen molar-refractivity contribution in [2.45, 2.75) is 0 Å². The average Bonchev–Trinajstić information content (AvgIpc) is 2.14. The largest absolute Gasteiger partial charge is 0.235 e. The molecule has 0 saturated heterocycles. The van der Waals surface area contributed by atoms with Gasteiger partial charge >= 0.3 is 0 Å². The first-order valence-electron chi connectivity index (χ1n) is 3.69. The predicted molar refractivity (Wildman–Crippen MR) is 64.5 cm³/mol. The van der Waals surface area contributed by atoms with Crippen LogP contribution in [0, 0.1) is 0 Å². The maximum atomic E-state index is 6.07. The molecule has 1 aromatic carbocycles. The van der Waals surface area contributed by atoms with Gasteiger partial charge in [-0.25, -0.2) is 4.98 Å². The minimum Gasteiger partial charge on any atom is -0.235 e. The summed E-state index contributed by atoms with van der Waals surface area (Å²) in [4.78, 5) is 4.15. The van der Waals surface area contributed by atoms with E-state index in [2.05, 4.69) is 20.9 Å². The zero-order valence-electron chi connectivity index (χ0n) is 6.69. The third-order valence-electron chi connectivity index (χ3n) is 1.79. The molecule has 0 unspecified atom stereocenters. The molecule has 0 saturated carbocycles. The molecule has 2 rings (SSSR count). The lowest BCUT2D eigenvalue weighted by molar-refractivity contribution is 1.39. The number of rotatable bonds is 0. The lowest BCUT2D eigenvalue weighted by Crippen LogP contribution is -1.84. The van der Waals surface area contributed by atoms with E-state index in [9.17, 15) is 0 Å². The fourth-order valence-corrected chi connectivity index (χ4v) is 2.10. The molecule has 1 aromatic heterocycles. The molecule has 0 radical (unpaired) electrons. The van der Waals surface area contributed by atoms with Crippen LogP contribution in [0.5, 0.6) is 0 Å². The van der Waals surface area contributed by atoms with Crippen LogP contribution < -0.4 is 0 Å². The molecule has 72 valence electrons. The summed E-state index contributed by atoms with van der Waals surface area (Å²) in [6.45, 7) is 0. The van der Waals surface area contributed by atoms with Gasteiger partial charge in [0.2, 0.25) is 0 Å². The van der Waals surface area contributed by atoms with Crippen LogP contribution in [0.2, 0.25) is 15.2 Å². The first kappa shape index (κ1) is 10.5. The Balaban J connectivity index is 2.91. The Morgan fingerprint density at radius 2 is 1.86 bits per heavy atom. The third kappa shape index (κ3) is 1.72. The zero-order valence-corrected chi connectivity index (χ0v) is 10.5. The van der Waals surface area contributed by atoms with Crippen molar-refractivity contribution >= 4 is 61.6 Å². The first-order valence-corrected chi connectivity index (χ1v) is 5.62. The maximum Gasteiger partial charge on any atom is 0.145 e. The number of aromatic nitrogens is 1.